The van der Waals surface area contributed by atoms with E-state index in [4.69, 9.17) is 4.52 Å². The third-order valence-corrected chi connectivity index (χ3v) is 4.09. The minimum absolute atomic E-state index is 0.515. The van der Waals surface area contributed by atoms with E-state index in [9.17, 15) is 0 Å². The minimum atomic E-state index is 0.515. The zero-order valence-electron chi connectivity index (χ0n) is 13.9. The number of aromatic nitrogens is 4. The van der Waals surface area contributed by atoms with Gasteiger partial charge >= 0.3 is 0 Å². The highest BCUT2D eigenvalue weighted by Gasteiger charge is 2.26. The summed E-state index contributed by atoms with van der Waals surface area (Å²) in [6.45, 7) is 4.51. The molecule has 3 rings (SSSR count). The van der Waals surface area contributed by atoms with Crippen LogP contribution in [0.4, 0.5) is 0 Å². The van der Waals surface area contributed by atoms with Crippen LogP contribution in [0.3, 0.4) is 0 Å². The molecule has 0 spiro atoms. The summed E-state index contributed by atoms with van der Waals surface area (Å²) in [5.41, 5.74) is 1.30. The highest BCUT2D eigenvalue weighted by atomic mass is 16.5. The molecule has 1 unspecified atom stereocenters. The Morgan fingerprint density at radius 3 is 3.04 bits per heavy atom. The minimum Gasteiger partial charge on any atom is -0.356 e. The van der Waals surface area contributed by atoms with Gasteiger partial charge < -0.3 is 14.7 Å². The van der Waals surface area contributed by atoms with Crippen molar-refractivity contribution < 1.29 is 4.52 Å². The first-order chi connectivity index (χ1) is 11.2. The van der Waals surface area contributed by atoms with Crippen LogP contribution in [-0.4, -0.2) is 57.5 Å². The SMILES string of the molecule is CN=C(NCCc1nc(C)no1)N1CCC(c2cnn(C)c2)C1. The van der Waals surface area contributed by atoms with Crippen molar-refractivity contribution in [2.45, 2.75) is 25.7 Å². The van der Waals surface area contributed by atoms with E-state index in [0.717, 1.165) is 32.0 Å². The first-order valence-electron chi connectivity index (χ1n) is 7.89. The second-order valence-corrected chi connectivity index (χ2v) is 5.84. The first kappa shape index (κ1) is 15.5. The third kappa shape index (κ3) is 3.69. The maximum Gasteiger partial charge on any atom is 0.228 e. The lowest BCUT2D eigenvalue weighted by Crippen LogP contribution is -2.40. The number of rotatable bonds is 4. The van der Waals surface area contributed by atoms with Crippen molar-refractivity contribution in [1.29, 1.82) is 0 Å². The standard InChI is InChI=1S/C15H23N7O/c1-11-19-14(23-20-11)4-6-17-15(16-2)22-7-5-12(10-22)13-8-18-21(3)9-13/h8-9,12H,4-7,10H2,1-3H3,(H,16,17). The zero-order valence-corrected chi connectivity index (χ0v) is 13.9. The van der Waals surface area contributed by atoms with Crippen molar-refractivity contribution in [2.75, 3.05) is 26.7 Å². The highest BCUT2D eigenvalue weighted by Crippen LogP contribution is 2.26. The number of hydrogen-bond acceptors (Lipinski definition) is 5. The summed E-state index contributed by atoms with van der Waals surface area (Å²) in [6, 6.07) is 0. The van der Waals surface area contributed by atoms with Crippen LogP contribution < -0.4 is 5.32 Å². The van der Waals surface area contributed by atoms with Gasteiger partial charge in [-0.25, -0.2) is 0 Å². The largest absolute Gasteiger partial charge is 0.356 e. The van der Waals surface area contributed by atoms with E-state index in [0.29, 0.717) is 24.1 Å². The lowest BCUT2D eigenvalue weighted by atomic mass is 10.0. The smallest absolute Gasteiger partial charge is 0.228 e. The molecule has 8 nitrogen and oxygen atoms in total. The van der Waals surface area contributed by atoms with Gasteiger partial charge in [-0.15, -0.1) is 0 Å². The zero-order chi connectivity index (χ0) is 16.2. The molecule has 2 aromatic rings. The normalized spacial score (nSPS) is 18.7. The maximum absolute atomic E-state index is 5.12. The van der Waals surface area contributed by atoms with Gasteiger partial charge in [0.2, 0.25) is 5.89 Å². The van der Waals surface area contributed by atoms with Crippen molar-refractivity contribution in [3.05, 3.63) is 29.7 Å². The van der Waals surface area contributed by atoms with Crippen molar-refractivity contribution >= 4 is 5.96 Å². The van der Waals surface area contributed by atoms with Crippen molar-refractivity contribution in [1.82, 2.24) is 30.1 Å². The van der Waals surface area contributed by atoms with Gasteiger partial charge in [0.05, 0.1) is 6.20 Å². The molecule has 8 heteroatoms. The fourth-order valence-electron chi connectivity index (χ4n) is 2.93. The van der Waals surface area contributed by atoms with Gasteiger partial charge in [0, 0.05) is 52.3 Å². The second-order valence-electron chi connectivity index (χ2n) is 5.84. The molecule has 1 fully saturated rings. The van der Waals surface area contributed by atoms with E-state index in [1.165, 1.54) is 5.56 Å². The number of aryl methyl sites for hydroxylation is 2. The summed E-state index contributed by atoms with van der Waals surface area (Å²) in [6.07, 6.45) is 5.87. The van der Waals surface area contributed by atoms with E-state index in [1.54, 1.807) is 0 Å². The van der Waals surface area contributed by atoms with E-state index in [2.05, 4.69) is 36.6 Å². The van der Waals surface area contributed by atoms with Crippen molar-refractivity contribution in [3.8, 4) is 0 Å². The van der Waals surface area contributed by atoms with Crippen LogP contribution in [0.25, 0.3) is 0 Å². The number of nitrogens with zero attached hydrogens (tertiary/aromatic N) is 6. The molecule has 3 heterocycles. The van der Waals surface area contributed by atoms with Gasteiger partial charge in [0.1, 0.15) is 0 Å². The molecule has 2 aromatic heterocycles. The Morgan fingerprint density at radius 1 is 1.52 bits per heavy atom. The average Bonchev–Trinajstić information content (AvgIpc) is 3.25. The van der Waals surface area contributed by atoms with Gasteiger partial charge in [-0.3, -0.25) is 9.67 Å². The average molecular weight is 317 g/mol. The van der Waals surface area contributed by atoms with Crippen LogP contribution in [0, 0.1) is 6.92 Å². The van der Waals surface area contributed by atoms with E-state index < -0.39 is 0 Å². The van der Waals surface area contributed by atoms with Crippen LogP contribution in [-0.2, 0) is 13.5 Å². The quantitative estimate of drug-likeness (QED) is 0.661. The molecule has 0 aromatic carbocycles. The Morgan fingerprint density at radius 2 is 2.39 bits per heavy atom. The molecule has 0 bridgehead atoms. The summed E-state index contributed by atoms with van der Waals surface area (Å²) in [7, 11) is 3.77. The predicted octanol–water partition coefficient (Wildman–Crippen LogP) is 0.719. The predicted molar refractivity (Wildman–Crippen MR) is 86.2 cm³/mol. The molecular formula is C15H23N7O. The van der Waals surface area contributed by atoms with Crippen molar-refractivity contribution in [2.24, 2.45) is 12.0 Å². The van der Waals surface area contributed by atoms with E-state index >= 15 is 0 Å². The topological polar surface area (TPSA) is 84.4 Å². The third-order valence-electron chi connectivity index (χ3n) is 4.09. The lowest BCUT2D eigenvalue weighted by molar-refractivity contribution is 0.373. The summed E-state index contributed by atoms with van der Waals surface area (Å²) < 4.78 is 6.98. The summed E-state index contributed by atoms with van der Waals surface area (Å²) in [5, 5.41) is 11.4. The monoisotopic (exact) mass is 317 g/mol. The fourth-order valence-corrected chi connectivity index (χ4v) is 2.93. The Bertz CT molecular complexity index is 675. The Kier molecular flexibility index (Phi) is 4.59. The fraction of sp³-hybridized carbons (Fsp3) is 0.600. The number of aliphatic imine (C=N–C) groups is 1. The molecule has 1 atom stereocenters. The molecule has 1 N–H and O–H groups in total. The Balaban J connectivity index is 1.51. The van der Waals surface area contributed by atoms with Crippen LogP contribution >= 0.6 is 0 Å². The Hall–Kier alpha value is -2.38. The molecule has 1 saturated heterocycles. The first-order valence-corrected chi connectivity index (χ1v) is 7.89. The molecule has 0 saturated carbocycles. The number of nitrogens with one attached hydrogen (secondary N) is 1. The number of hydrogen-bond donors (Lipinski definition) is 1. The second kappa shape index (κ2) is 6.80. The summed E-state index contributed by atoms with van der Waals surface area (Å²) >= 11 is 0. The molecule has 0 radical (unpaired) electrons. The van der Waals surface area contributed by atoms with Crippen LogP contribution in [0.1, 0.15) is 29.6 Å². The maximum atomic E-state index is 5.12. The van der Waals surface area contributed by atoms with Crippen LogP contribution in [0.5, 0.6) is 0 Å². The lowest BCUT2D eigenvalue weighted by Gasteiger charge is -2.21. The van der Waals surface area contributed by atoms with Crippen LogP contribution in [0.15, 0.2) is 21.9 Å². The molecule has 124 valence electrons. The van der Waals surface area contributed by atoms with Gasteiger partial charge in [0.15, 0.2) is 11.8 Å². The van der Waals surface area contributed by atoms with Gasteiger partial charge in [-0.05, 0) is 18.9 Å². The van der Waals surface area contributed by atoms with Gasteiger partial charge in [0.25, 0.3) is 0 Å². The highest BCUT2D eigenvalue weighted by molar-refractivity contribution is 5.80. The summed E-state index contributed by atoms with van der Waals surface area (Å²) in [4.78, 5) is 10.9. The van der Waals surface area contributed by atoms with E-state index in [1.807, 2.05) is 31.9 Å². The number of guanidine groups is 1. The molecule has 23 heavy (non-hydrogen) atoms. The molecule has 0 amide bonds. The molecule has 0 aliphatic carbocycles. The molecular weight excluding hydrogens is 294 g/mol. The van der Waals surface area contributed by atoms with Crippen molar-refractivity contribution in [3.63, 3.8) is 0 Å². The number of likely N-dealkylation sites (tertiary alicyclic amines) is 1. The van der Waals surface area contributed by atoms with Crippen LogP contribution in [0.2, 0.25) is 0 Å². The summed E-state index contributed by atoms with van der Waals surface area (Å²) in [5.74, 6) is 2.76. The van der Waals surface area contributed by atoms with Gasteiger partial charge in [-0.1, -0.05) is 5.16 Å². The molecule has 1 aliphatic rings. The molecule has 1 aliphatic heterocycles. The van der Waals surface area contributed by atoms with E-state index in [-0.39, 0.29) is 0 Å². The Labute approximate surface area is 135 Å². The van der Waals surface area contributed by atoms with Gasteiger partial charge in [-0.2, -0.15) is 10.1 Å².